The van der Waals surface area contributed by atoms with E-state index in [4.69, 9.17) is 0 Å². The van der Waals surface area contributed by atoms with Crippen molar-refractivity contribution in [1.29, 1.82) is 0 Å². The zero-order valence-corrected chi connectivity index (χ0v) is 17.6. The van der Waals surface area contributed by atoms with Crippen molar-refractivity contribution in [2.24, 2.45) is 0 Å². The third-order valence-electron chi connectivity index (χ3n) is 2.77. The number of rotatable bonds is 2. The fraction of sp³-hybridized carbons (Fsp3) is 0.286. The van der Waals surface area contributed by atoms with E-state index in [-0.39, 0.29) is 0 Å². The van der Waals surface area contributed by atoms with Gasteiger partial charge in [0.2, 0.25) is 10.1 Å². The average Bonchev–Trinajstić information content (AvgIpc) is 3.33. The maximum Gasteiger partial charge on any atom is 0.282 e. The van der Waals surface area contributed by atoms with Crippen LogP contribution in [-0.4, -0.2) is 11.0 Å². The molecule has 2 aromatic heterocycles. The van der Waals surface area contributed by atoms with E-state index in [0.717, 1.165) is 5.75 Å². The molecule has 4 heterocycles. The molecule has 0 bridgehead atoms. The minimum Gasteiger partial charge on any atom is -0.0829 e. The molecule has 2 aromatic rings. The Bertz CT molecular complexity index is 673. The van der Waals surface area contributed by atoms with Crippen LogP contribution in [0.25, 0.3) is 0 Å². The van der Waals surface area contributed by atoms with Crippen LogP contribution in [-0.2, 0) is 0 Å². The van der Waals surface area contributed by atoms with Gasteiger partial charge in [-0.1, -0.05) is 23.5 Å². The highest BCUT2D eigenvalue weighted by Gasteiger charge is 2.41. The molecule has 0 nitrogen and oxygen atoms in total. The second kappa shape index (κ2) is 7.79. The molecule has 0 spiro atoms. The van der Waals surface area contributed by atoms with E-state index < -0.39 is 0 Å². The summed E-state index contributed by atoms with van der Waals surface area (Å²) in [6.45, 7) is 0. The molecule has 0 N–H and O–H groups in total. The Morgan fingerprint density at radius 1 is 1.18 bits per heavy atom. The summed E-state index contributed by atoms with van der Waals surface area (Å²) < 4.78 is 4.14. The summed E-state index contributed by atoms with van der Waals surface area (Å²) in [5.74, 6) is 12.6. The number of hydrogen-bond donors (Lipinski definition) is 0. The van der Waals surface area contributed by atoms with Crippen LogP contribution >= 0.6 is 92.4 Å². The van der Waals surface area contributed by atoms with Crippen LogP contribution in [0.5, 0.6) is 0 Å². The molecule has 0 aliphatic carbocycles. The van der Waals surface area contributed by atoms with Gasteiger partial charge in [0, 0.05) is 0 Å². The van der Waals surface area contributed by atoms with Crippen molar-refractivity contribution in [2.75, 3.05) is 5.75 Å². The molecule has 2 fully saturated rings. The van der Waals surface area contributed by atoms with Gasteiger partial charge >= 0.3 is 0 Å². The van der Waals surface area contributed by atoms with Crippen molar-refractivity contribution in [3.8, 4) is 11.8 Å². The molecule has 0 saturated carbocycles. The Balaban J connectivity index is 1.39. The van der Waals surface area contributed by atoms with Gasteiger partial charge in [0.15, 0.2) is 20.7 Å². The lowest BCUT2D eigenvalue weighted by Gasteiger charge is -1.90. The quantitative estimate of drug-likeness (QED) is 0.278. The molecule has 2 saturated heterocycles. The first-order valence-corrected chi connectivity index (χ1v) is 13.7. The topological polar surface area (TPSA) is 0 Å². The van der Waals surface area contributed by atoms with E-state index in [2.05, 4.69) is 39.5 Å². The molecule has 0 amide bonds. The Morgan fingerprint density at radius 2 is 2.18 bits per heavy atom. The number of thioether (sulfide) groups is 4. The van der Waals surface area contributed by atoms with Gasteiger partial charge < -0.3 is 0 Å². The lowest BCUT2D eigenvalue weighted by atomic mass is 10.4. The molecule has 0 aromatic carbocycles. The van der Waals surface area contributed by atoms with Gasteiger partial charge in [0.25, 0.3) is 8.38 Å². The van der Waals surface area contributed by atoms with Crippen molar-refractivity contribution in [1.82, 2.24) is 0 Å². The maximum atomic E-state index is 3.44. The Morgan fingerprint density at radius 3 is 3.00 bits per heavy atom. The molecule has 4 rings (SSSR count). The lowest BCUT2D eigenvalue weighted by Crippen LogP contribution is -1.90. The molecule has 2 aliphatic rings. The summed E-state index contributed by atoms with van der Waals surface area (Å²) in [7, 11) is 0. The third kappa shape index (κ3) is 3.89. The monoisotopic (exact) mass is 434 g/mol. The summed E-state index contributed by atoms with van der Waals surface area (Å²) in [4.78, 5) is 1.22. The van der Waals surface area contributed by atoms with Crippen LogP contribution < -0.4 is 0 Å². The normalized spacial score (nSPS) is 27.0. The maximum absolute atomic E-state index is 3.44. The summed E-state index contributed by atoms with van der Waals surface area (Å²) in [5, 5.41) is 6.91. The molecule has 3 unspecified atom stereocenters. The van der Waals surface area contributed by atoms with Crippen molar-refractivity contribution in [3.63, 3.8) is 0 Å². The Kier molecular flexibility index (Phi) is 5.76. The van der Waals surface area contributed by atoms with Gasteiger partial charge in [0.1, 0.15) is 33.2 Å². The van der Waals surface area contributed by atoms with Gasteiger partial charge in [-0.3, -0.25) is 0 Å². The van der Waals surface area contributed by atoms with Crippen molar-refractivity contribution >= 4 is 92.4 Å². The largest absolute Gasteiger partial charge is 0.282 e. The second-order valence-electron chi connectivity index (χ2n) is 4.25. The minimum atomic E-state index is 0.350. The first-order valence-electron chi connectivity index (χ1n) is 6.40. The van der Waals surface area contributed by atoms with Gasteiger partial charge in [0.05, 0.1) is 57.5 Å². The fourth-order valence-corrected chi connectivity index (χ4v) is 12.0. The van der Waals surface area contributed by atoms with Crippen molar-refractivity contribution in [2.45, 2.75) is 14.4 Å². The van der Waals surface area contributed by atoms with E-state index in [1.165, 1.54) is 13.3 Å². The standard InChI is InChI=1S/C14H10S8/c1(9-7-19-13(21-9)11-15-3-4-16-11)2-10-8-20-14(22-10)12-17-5-6-18-12/h3-5,7-9,12-13H,6H2/q+4. The second-order valence-corrected chi connectivity index (χ2v) is 13.7. The highest BCUT2D eigenvalue weighted by Crippen LogP contribution is 2.54. The third-order valence-corrected chi connectivity index (χ3v) is 14.1. The highest BCUT2D eigenvalue weighted by atomic mass is 32.2. The van der Waals surface area contributed by atoms with Gasteiger partial charge in [-0.2, -0.15) is 0 Å². The van der Waals surface area contributed by atoms with Gasteiger partial charge in [-0.05, 0) is 11.8 Å². The van der Waals surface area contributed by atoms with E-state index in [1.807, 2.05) is 92.4 Å². The first-order chi connectivity index (χ1) is 10.9. The van der Waals surface area contributed by atoms with Crippen LogP contribution in [0.1, 0.15) is 22.4 Å². The Labute approximate surface area is 163 Å². The molecule has 2 aliphatic heterocycles. The van der Waals surface area contributed by atoms with Crippen molar-refractivity contribution in [3.05, 3.63) is 40.9 Å². The average molecular weight is 435 g/mol. The predicted molar refractivity (Wildman–Crippen MR) is 113 cm³/mol. The minimum absolute atomic E-state index is 0.350. The van der Waals surface area contributed by atoms with Crippen LogP contribution in [0.4, 0.5) is 0 Å². The molecular formula is C14H10S8+4. The zero-order chi connectivity index (χ0) is 14.8. The van der Waals surface area contributed by atoms with E-state index in [1.54, 1.807) is 0 Å². The lowest BCUT2D eigenvalue weighted by molar-refractivity contribution is 1.48. The van der Waals surface area contributed by atoms with Crippen molar-refractivity contribution < 1.29 is 0 Å². The van der Waals surface area contributed by atoms with Crippen LogP contribution in [0.15, 0.2) is 16.1 Å². The molecule has 8 heteroatoms. The molecule has 110 valence electrons. The van der Waals surface area contributed by atoms with E-state index >= 15 is 0 Å². The zero-order valence-electron chi connectivity index (χ0n) is 11.1. The van der Waals surface area contributed by atoms with Gasteiger partial charge in [-0.15, -0.1) is 0 Å². The highest BCUT2D eigenvalue weighted by molar-refractivity contribution is 8.21. The van der Waals surface area contributed by atoms with E-state index in [0.29, 0.717) is 14.4 Å². The smallest absolute Gasteiger partial charge is 0.0829 e. The summed E-state index contributed by atoms with van der Waals surface area (Å²) in [5.41, 5.74) is 0. The first kappa shape index (κ1) is 16.3. The molecule has 22 heavy (non-hydrogen) atoms. The van der Waals surface area contributed by atoms with Crippen LogP contribution in [0, 0.1) is 23.3 Å². The summed E-state index contributed by atoms with van der Waals surface area (Å²) in [6.07, 6.45) is 0. The SMILES string of the molecule is C(#CC1[CH+]SC(c2scc[s+]2)S1)c1c[s+]c(C2S[CH+]CS2)s1. The van der Waals surface area contributed by atoms with Gasteiger partial charge in [-0.25, -0.2) is 0 Å². The van der Waals surface area contributed by atoms with E-state index in [9.17, 15) is 0 Å². The molecule has 3 atom stereocenters. The summed E-state index contributed by atoms with van der Waals surface area (Å²) >= 11 is 15.3. The fourth-order valence-electron chi connectivity index (χ4n) is 1.83. The predicted octanol–water partition coefficient (Wildman–Crippen LogP) is 7.20. The number of hydrogen-bond acceptors (Lipinski definition) is 6. The molecular weight excluding hydrogens is 425 g/mol. The van der Waals surface area contributed by atoms with Crippen LogP contribution in [0.2, 0.25) is 0 Å². The van der Waals surface area contributed by atoms with Crippen LogP contribution in [0.3, 0.4) is 0 Å². The summed E-state index contributed by atoms with van der Waals surface area (Å²) in [6, 6.07) is 0. The Hall–Kier alpha value is 0.800. The molecule has 0 radical (unpaired) electrons.